The lowest BCUT2D eigenvalue weighted by molar-refractivity contribution is -0.142. The third kappa shape index (κ3) is 5.50. The van der Waals surface area contributed by atoms with Gasteiger partial charge in [0, 0.05) is 10.4 Å². The molecule has 2 aromatic rings. The largest absolute Gasteiger partial charge is 0.481 e. The van der Waals surface area contributed by atoms with Gasteiger partial charge in [0.15, 0.2) is 11.2 Å². The summed E-state index contributed by atoms with van der Waals surface area (Å²) < 4.78 is 10.4. The molecule has 6 nitrogen and oxygen atoms in total. The highest BCUT2D eigenvalue weighted by Gasteiger charge is 2.17. The van der Waals surface area contributed by atoms with E-state index in [1.54, 1.807) is 43.5 Å². The number of nitrogens with zero attached hydrogens (tertiary/aromatic N) is 1. The molecule has 24 heavy (non-hydrogen) atoms. The van der Waals surface area contributed by atoms with Crippen LogP contribution in [-0.4, -0.2) is 29.6 Å². The zero-order valence-corrected chi connectivity index (χ0v) is 14.8. The van der Waals surface area contributed by atoms with Gasteiger partial charge in [-0.25, -0.2) is 4.98 Å². The molecule has 1 N–H and O–H groups in total. The van der Waals surface area contributed by atoms with E-state index < -0.39 is 6.10 Å². The summed E-state index contributed by atoms with van der Waals surface area (Å²) in [5, 5.41) is 5.30. The molecule has 128 valence electrons. The summed E-state index contributed by atoms with van der Waals surface area (Å²) in [6.07, 6.45) is -0.643. The summed E-state index contributed by atoms with van der Waals surface area (Å²) in [4.78, 5) is 27.7. The first-order valence-electron chi connectivity index (χ1n) is 7.31. The molecule has 0 bridgehead atoms. The van der Waals surface area contributed by atoms with Crippen LogP contribution in [0.5, 0.6) is 5.75 Å². The lowest BCUT2D eigenvalue weighted by Crippen LogP contribution is -2.30. The standard InChI is InChI=1S/C16H17ClN2O4S/c1-3-22-14(20)8-12-9-24-16(18-12)19-15(21)10(2)23-13-6-4-5-11(17)7-13/h4-7,9-10H,3,8H2,1-2H3,(H,18,19,21). The van der Waals surface area contributed by atoms with Crippen LogP contribution < -0.4 is 10.1 Å². The minimum atomic E-state index is -0.721. The Morgan fingerprint density at radius 3 is 2.92 bits per heavy atom. The molecule has 1 aromatic carbocycles. The third-order valence-electron chi connectivity index (χ3n) is 2.89. The van der Waals surface area contributed by atoms with E-state index >= 15 is 0 Å². The van der Waals surface area contributed by atoms with Crippen molar-refractivity contribution in [3.63, 3.8) is 0 Å². The third-order valence-corrected chi connectivity index (χ3v) is 3.93. The predicted octanol–water partition coefficient (Wildman–Crippen LogP) is 3.31. The number of rotatable bonds is 7. The molecule has 1 aromatic heterocycles. The fraction of sp³-hybridized carbons (Fsp3) is 0.312. The summed E-state index contributed by atoms with van der Waals surface area (Å²) in [6.45, 7) is 3.69. The number of carbonyl (C=O) groups excluding carboxylic acids is 2. The molecule has 1 unspecified atom stereocenters. The Balaban J connectivity index is 1.89. The van der Waals surface area contributed by atoms with Crippen LogP contribution in [0.15, 0.2) is 29.6 Å². The second kappa shape index (κ2) is 8.65. The monoisotopic (exact) mass is 368 g/mol. The minimum Gasteiger partial charge on any atom is -0.481 e. The number of carbonyl (C=O) groups is 2. The van der Waals surface area contributed by atoms with Crippen molar-refractivity contribution < 1.29 is 19.1 Å². The number of esters is 1. The van der Waals surface area contributed by atoms with Crippen LogP contribution in [0.1, 0.15) is 19.5 Å². The van der Waals surface area contributed by atoms with Crippen LogP contribution in [0.2, 0.25) is 5.02 Å². The van der Waals surface area contributed by atoms with Crippen molar-refractivity contribution in [1.29, 1.82) is 0 Å². The van der Waals surface area contributed by atoms with Crippen molar-refractivity contribution in [2.24, 2.45) is 0 Å². The topological polar surface area (TPSA) is 77.5 Å². The highest BCUT2D eigenvalue weighted by atomic mass is 35.5. The number of aromatic nitrogens is 1. The zero-order chi connectivity index (χ0) is 17.5. The average molecular weight is 369 g/mol. The average Bonchev–Trinajstić information content (AvgIpc) is 2.94. The van der Waals surface area contributed by atoms with E-state index in [0.29, 0.717) is 28.2 Å². The molecular formula is C16H17ClN2O4S. The molecule has 0 aliphatic rings. The Kier molecular flexibility index (Phi) is 6.57. The first kappa shape index (κ1) is 18.2. The molecule has 0 aliphatic carbocycles. The van der Waals surface area contributed by atoms with Crippen LogP contribution in [0.3, 0.4) is 0 Å². The fourth-order valence-corrected chi connectivity index (χ4v) is 2.70. The van der Waals surface area contributed by atoms with Crippen LogP contribution in [0.4, 0.5) is 5.13 Å². The van der Waals surface area contributed by atoms with Gasteiger partial charge in [-0.05, 0) is 32.0 Å². The van der Waals surface area contributed by atoms with Gasteiger partial charge in [0.25, 0.3) is 5.91 Å². The zero-order valence-electron chi connectivity index (χ0n) is 13.2. The molecule has 0 spiro atoms. The maximum absolute atomic E-state index is 12.1. The summed E-state index contributed by atoms with van der Waals surface area (Å²) in [7, 11) is 0. The van der Waals surface area contributed by atoms with Crippen molar-refractivity contribution in [3.8, 4) is 5.75 Å². The number of hydrogen-bond acceptors (Lipinski definition) is 6. The van der Waals surface area contributed by atoms with Crippen molar-refractivity contribution in [2.45, 2.75) is 26.4 Å². The van der Waals surface area contributed by atoms with E-state index in [4.69, 9.17) is 21.1 Å². The van der Waals surface area contributed by atoms with Crippen molar-refractivity contribution in [3.05, 3.63) is 40.4 Å². The normalized spacial score (nSPS) is 11.6. The summed E-state index contributed by atoms with van der Waals surface area (Å²) in [6, 6.07) is 6.81. The first-order chi connectivity index (χ1) is 11.5. The van der Waals surface area contributed by atoms with Gasteiger partial charge in [-0.1, -0.05) is 17.7 Å². The van der Waals surface area contributed by atoms with E-state index in [0.717, 1.165) is 0 Å². The Morgan fingerprint density at radius 1 is 1.42 bits per heavy atom. The van der Waals surface area contributed by atoms with E-state index in [1.165, 1.54) is 11.3 Å². The van der Waals surface area contributed by atoms with E-state index in [1.807, 2.05) is 0 Å². The van der Waals surface area contributed by atoms with Gasteiger partial charge in [-0.15, -0.1) is 11.3 Å². The van der Waals surface area contributed by atoms with Crippen LogP contribution >= 0.6 is 22.9 Å². The second-order valence-electron chi connectivity index (χ2n) is 4.83. The molecule has 0 radical (unpaired) electrons. The molecule has 2 rings (SSSR count). The minimum absolute atomic E-state index is 0.0782. The van der Waals surface area contributed by atoms with Crippen molar-refractivity contribution >= 4 is 39.9 Å². The molecule has 0 fully saturated rings. The number of halogens is 1. The van der Waals surface area contributed by atoms with E-state index in [2.05, 4.69) is 10.3 Å². The van der Waals surface area contributed by atoms with Gasteiger partial charge in [-0.3, -0.25) is 14.9 Å². The number of benzene rings is 1. The van der Waals surface area contributed by atoms with Crippen molar-refractivity contribution in [2.75, 3.05) is 11.9 Å². The summed E-state index contributed by atoms with van der Waals surface area (Å²) in [5.41, 5.74) is 0.553. The lowest BCUT2D eigenvalue weighted by Gasteiger charge is -2.13. The van der Waals surface area contributed by atoms with Crippen LogP contribution in [0, 0.1) is 0 Å². The van der Waals surface area contributed by atoms with E-state index in [9.17, 15) is 9.59 Å². The number of thiazole rings is 1. The molecule has 0 saturated carbocycles. The number of hydrogen-bond donors (Lipinski definition) is 1. The quantitative estimate of drug-likeness (QED) is 0.758. The van der Waals surface area contributed by atoms with Crippen LogP contribution in [0.25, 0.3) is 0 Å². The summed E-state index contributed by atoms with van der Waals surface area (Å²) >= 11 is 7.11. The molecule has 1 amide bonds. The molecular weight excluding hydrogens is 352 g/mol. The fourth-order valence-electron chi connectivity index (χ4n) is 1.81. The Bertz CT molecular complexity index is 720. The van der Waals surface area contributed by atoms with Gasteiger partial charge < -0.3 is 9.47 Å². The van der Waals surface area contributed by atoms with E-state index in [-0.39, 0.29) is 18.3 Å². The van der Waals surface area contributed by atoms with Gasteiger partial charge in [0.05, 0.1) is 18.7 Å². The smallest absolute Gasteiger partial charge is 0.311 e. The maximum atomic E-state index is 12.1. The molecule has 8 heteroatoms. The number of amides is 1. The summed E-state index contributed by atoms with van der Waals surface area (Å²) in [5.74, 6) is -0.183. The van der Waals surface area contributed by atoms with Gasteiger partial charge in [-0.2, -0.15) is 0 Å². The number of nitrogens with one attached hydrogen (secondary N) is 1. The molecule has 0 saturated heterocycles. The number of anilines is 1. The molecule has 0 aliphatic heterocycles. The van der Waals surface area contributed by atoms with Crippen molar-refractivity contribution in [1.82, 2.24) is 4.98 Å². The second-order valence-corrected chi connectivity index (χ2v) is 6.13. The molecule has 1 atom stereocenters. The Hall–Kier alpha value is -2.12. The van der Waals surface area contributed by atoms with Gasteiger partial charge >= 0.3 is 5.97 Å². The lowest BCUT2D eigenvalue weighted by atomic mass is 10.3. The predicted molar refractivity (Wildman–Crippen MR) is 92.6 cm³/mol. The maximum Gasteiger partial charge on any atom is 0.311 e. The highest BCUT2D eigenvalue weighted by molar-refractivity contribution is 7.13. The molecule has 1 heterocycles. The highest BCUT2D eigenvalue weighted by Crippen LogP contribution is 2.20. The Labute approximate surface area is 148 Å². The number of ether oxygens (including phenoxy) is 2. The van der Waals surface area contributed by atoms with Crippen LogP contribution in [-0.2, 0) is 20.7 Å². The Morgan fingerprint density at radius 2 is 2.21 bits per heavy atom. The first-order valence-corrected chi connectivity index (χ1v) is 8.56. The van der Waals surface area contributed by atoms with Gasteiger partial charge in [0.1, 0.15) is 5.75 Å². The SMILES string of the molecule is CCOC(=O)Cc1csc(NC(=O)C(C)Oc2cccc(Cl)c2)n1. The van der Waals surface area contributed by atoms with Gasteiger partial charge in [0.2, 0.25) is 0 Å².